The highest BCUT2D eigenvalue weighted by Crippen LogP contribution is 2.33. The fraction of sp³-hybridized carbons (Fsp3) is 0.0952. The van der Waals surface area contributed by atoms with Crippen LogP contribution in [0.4, 0.5) is 17.3 Å². The number of para-hydroxylation sites is 1. The Morgan fingerprint density at radius 1 is 1.10 bits per heavy atom. The van der Waals surface area contributed by atoms with Crippen LogP contribution in [0, 0.1) is 17.0 Å². The predicted molar refractivity (Wildman–Crippen MR) is 117 cm³/mol. The molecule has 0 radical (unpaired) electrons. The van der Waals surface area contributed by atoms with Gasteiger partial charge in [-0.3, -0.25) is 10.1 Å². The van der Waals surface area contributed by atoms with Crippen molar-refractivity contribution in [3.05, 3.63) is 82.7 Å². The second-order valence-corrected chi connectivity index (χ2v) is 7.21. The van der Waals surface area contributed by atoms with E-state index in [9.17, 15) is 10.1 Å². The number of aromatic nitrogens is 4. The number of hydrogen-bond acceptors (Lipinski definition) is 7. The van der Waals surface area contributed by atoms with Gasteiger partial charge in [-0.1, -0.05) is 24.3 Å². The van der Waals surface area contributed by atoms with E-state index in [4.69, 9.17) is 5.10 Å². The second kappa shape index (κ2) is 8.34. The summed E-state index contributed by atoms with van der Waals surface area (Å²) in [5.74, 6) is 0.354. The van der Waals surface area contributed by atoms with Crippen molar-refractivity contribution in [1.82, 2.24) is 19.7 Å². The minimum Gasteiger partial charge on any atom is -0.324 e. The Morgan fingerprint density at radius 2 is 1.90 bits per heavy atom. The van der Waals surface area contributed by atoms with Gasteiger partial charge in [-0.05, 0) is 37.4 Å². The molecule has 0 atom stereocenters. The number of nitrogens with zero attached hydrogens (tertiary/aromatic N) is 5. The number of nitro groups is 1. The van der Waals surface area contributed by atoms with Crippen molar-refractivity contribution in [2.45, 2.75) is 11.9 Å². The summed E-state index contributed by atoms with van der Waals surface area (Å²) < 4.78 is 1.90. The van der Waals surface area contributed by atoms with Crippen molar-refractivity contribution in [3.63, 3.8) is 0 Å². The van der Waals surface area contributed by atoms with Crippen LogP contribution in [-0.2, 0) is 0 Å². The molecule has 2 heterocycles. The molecule has 150 valence electrons. The zero-order valence-corrected chi connectivity index (χ0v) is 17.1. The summed E-state index contributed by atoms with van der Waals surface area (Å²) in [6.45, 7) is 2.00. The molecular formula is C21H18N6O2S. The van der Waals surface area contributed by atoms with Gasteiger partial charge < -0.3 is 5.32 Å². The van der Waals surface area contributed by atoms with Crippen molar-refractivity contribution < 1.29 is 4.92 Å². The third kappa shape index (κ3) is 3.87. The Balaban J connectivity index is 1.71. The summed E-state index contributed by atoms with van der Waals surface area (Å²) in [7, 11) is 0. The van der Waals surface area contributed by atoms with Crippen LogP contribution in [0.2, 0.25) is 0 Å². The molecule has 30 heavy (non-hydrogen) atoms. The standard InChI is InChI=1S/C21H18N6O2S/c1-14-19(20(30-2)25-26(14)16-8-4-3-5-9-16)18-11-12-22-21(24-18)23-15-7-6-10-17(13-15)27(28)29/h3-13H,1-2H3,(H,22,23,24). The summed E-state index contributed by atoms with van der Waals surface area (Å²) in [4.78, 5) is 19.5. The van der Waals surface area contributed by atoms with Crippen molar-refractivity contribution in [3.8, 4) is 16.9 Å². The lowest BCUT2D eigenvalue weighted by atomic mass is 10.2. The number of hydrogen-bond donors (Lipinski definition) is 1. The smallest absolute Gasteiger partial charge is 0.271 e. The third-order valence-corrected chi connectivity index (χ3v) is 5.18. The van der Waals surface area contributed by atoms with Crippen LogP contribution in [0.5, 0.6) is 0 Å². The van der Waals surface area contributed by atoms with Gasteiger partial charge in [0.1, 0.15) is 5.03 Å². The van der Waals surface area contributed by atoms with Crippen LogP contribution in [0.1, 0.15) is 5.69 Å². The van der Waals surface area contributed by atoms with Gasteiger partial charge in [-0.15, -0.1) is 11.8 Å². The van der Waals surface area contributed by atoms with Crippen LogP contribution in [0.25, 0.3) is 16.9 Å². The maximum Gasteiger partial charge on any atom is 0.271 e. The SMILES string of the molecule is CSc1nn(-c2ccccc2)c(C)c1-c1ccnc(Nc2cccc([N+](=O)[O-])c2)n1. The Hall–Kier alpha value is -3.72. The Bertz CT molecular complexity index is 1210. The monoisotopic (exact) mass is 418 g/mol. The molecule has 4 rings (SSSR count). The Morgan fingerprint density at radius 3 is 2.63 bits per heavy atom. The van der Waals surface area contributed by atoms with Crippen LogP contribution in [-0.4, -0.2) is 30.9 Å². The van der Waals surface area contributed by atoms with Crippen molar-refractivity contribution >= 4 is 29.1 Å². The number of rotatable bonds is 6. The molecule has 8 nitrogen and oxygen atoms in total. The molecule has 0 spiro atoms. The summed E-state index contributed by atoms with van der Waals surface area (Å²) in [5, 5.41) is 19.7. The lowest BCUT2D eigenvalue weighted by Crippen LogP contribution is -2.00. The zero-order valence-electron chi connectivity index (χ0n) is 16.3. The normalized spacial score (nSPS) is 10.7. The van der Waals surface area contributed by atoms with Gasteiger partial charge in [0.05, 0.1) is 27.6 Å². The fourth-order valence-corrected chi connectivity index (χ4v) is 3.74. The first-order valence-corrected chi connectivity index (χ1v) is 10.3. The molecule has 0 aliphatic heterocycles. The van der Waals surface area contributed by atoms with Crippen LogP contribution >= 0.6 is 11.8 Å². The maximum absolute atomic E-state index is 11.0. The first-order valence-electron chi connectivity index (χ1n) is 9.11. The van der Waals surface area contributed by atoms with Crippen molar-refractivity contribution in [2.75, 3.05) is 11.6 Å². The van der Waals surface area contributed by atoms with Crippen LogP contribution < -0.4 is 5.32 Å². The molecule has 0 unspecified atom stereocenters. The summed E-state index contributed by atoms with van der Waals surface area (Å²) in [5.41, 5.74) is 4.13. The van der Waals surface area contributed by atoms with E-state index >= 15 is 0 Å². The highest BCUT2D eigenvalue weighted by molar-refractivity contribution is 7.98. The van der Waals surface area contributed by atoms with Gasteiger partial charge >= 0.3 is 0 Å². The Kier molecular flexibility index (Phi) is 5.44. The van der Waals surface area contributed by atoms with Gasteiger partial charge in [-0.25, -0.2) is 14.6 Å². The molecule has 0 aliphatic rings. The molecule has 9 heteroatoms. The van der Waals surface area contributed by atoms with E-state index in [1.54, 1.807) is 30.1 Å². The van der Waals surface area contributed by atoms with E-state index in [1.807, 2.05) is 54.3 Å². The number of thioether (sulfide) groups is 1. The van der Waals surface area contributed by atoms with Crippen LogP contribution in [0.15, 0.2) is 71.9 Å². The summed E-state index contributed by atoms with van der Waals surface area (Å²) >= 11 is 1.55. The topological polar surface area (TPSA) is 98.8 Å². The van der Waals surface area contributed by atoms with Gasteiger partial charge in [0.15, 0.2) is 0 Å². The summed E-state index contributed by atoms with van der Waals surface area (Å²) in [6, 6.07) is 18.0. The highest BCUT2D eigenvalue weighted by Gasteiger charge is 2.18. The maximum atomic E-state index is 11.0. The fourth-order valence-electron chi connectivity index (χ4n) is 3.12. The minimum atomic E-state index is -0.436. The lowest BCUT2D eigenvalue weighted by molar-refractivity contribution is -0.384. The number of non-ortho nitro benzene ring substituents is 1. The molecule has 0 amide bonds. The van der Waals surface area contributed by atoms with Crippen LogP contribution in [0.3, 0.4) is 0 Å². The first-order chi connectivity index (χ1) is 14.6. The predicted octanol–water partition coefficient (Wildman–Crippen LogP) is 5.01. The molecule has 0 fully saturated rings. The van der Waals surface area contributed by atoms with Gasteiger partial charge in [0, 0.05) is 24.0 Å². The molecule has 0 aliphatic carbocycles. The zero-order chi connectivity index (χ0) is 21.1. The van der Waals surface area contributed by atoms with E-state index < -0.39 is 4.92 Å². The molecule has 0 saturated carbocycles. The average Bonchev–Trinajstić information content (AvgIpc) is 3.11. The Labute approximate surface area is 177 Å². The third-order valence-electron chi connectivity index (χ3n) is 4.50. The number of nitro benzene ring substituents is 1. The second-order valence-electron chi connectivity index (χ2n) is 6.41. The van der Waals surface area contributed by atoms with Gasteiger partial charge in [0.2, 0.25) is 5.95 Å². The van der Waals surface area contributed by atoms with Crippen molar-refractivity contribution in [1.29, 1.82) is 0 Å². The number of nitrogens with one attached hydrogen (secondary N) is 1. The van der Waals surface area contributed by atoms with E-state index in [0.29, 0.717) is 11.6 Å². The summed E-state index contributed by atoms with van der Waals surface area (Å²) in [6.07, 6.45) is 3.63. The highest BCUT2D eigenvalue weighted by atomic mass is 32.2. The average molecular weight is 418 g/mol. The molecule has 4 aromatic rings. The van der Waals surface area contributed by atoms with Gasteiger partial charge in [0.25, 0.3) is 5.69 Å². The lowest BCUT2D eigenvalue weighted by Gasteiger charge is -2.08. The molecule has 2 aromatic carbocycles. The molecule has 2 aromatic heterocycles. The number of anilines is 2. The molecular weight excluding hydrogens is 400 g/mol. The van der Waals surface area contributed by atoms with E-state index in [2.05, 4.69) is 15.3 Å². The van der Waals surface area contributed by atoms with E-state index in [0.717, 1.165) is 27.7 Å². The van der Waals surface area contributed by atoms with Crippen molar-refractivity contribution in [2.24, 2.45) is 0 Å². The molecule has 0 saturated heterocycles. The first kappa shape index (κ1) is 19.6. The largest absolute Gasteiger partial charge is 0.324 e. The molecule has 0 bridgehead atoms. The minimum absolute atomic E-state index is 0.000746. The number of benzene rings is 2. The molecule has 1 N–H and O–H groups in total. The van der Waals surface area contributed by atoms with Gasteiger partial charge in [-0.2, -0.15) is 5.10 Å². The van der Waals surface area contributed by atoms with E-state index in [-0.39, 0.29) is 5.69 Å². The quantitative estimate of drug-likeness (QED) is 0.267. The van der Waals surface area contributed by atoms with E-state index in [1.165, 1.54) is 12.1 Å².